The highest BCUT2D eigenvalue weighted by Gasteiger charge is 2.36. The molecule has 2 aliphatic rings. The second-order valence-electron chi connectivity index (χ2n) is 7.71. The lowest BCUT2D eigenvalue weighted by atomic mass is 9.90. The zero-order chi connectivity index (χ0) is 20.5. The maximum atomic E-state index is 13.0. The molecule has 0 aromatic heterocycles. The molecule has 148 valence electrons. The van der Waals surface area contributed by atoms with Gasteiger partial charge in [-0.3, -0.25) is 9.59 Å². The van der Waals surface area contributed by atoms with Crippen LogP contribution in [0.4, 0.5) is 0 Å². The molecule has 0 aliphatic carbocycles. The van der Waals surface area contributed by atoms with Crippen LogP contribution in [0, 0.1) is 0 Å². The maximum Gasteiger partial charge on any atom is 0.270 e. The molecule has 1 fully saturated rings. The summed E-state index contributed by atoms with van der Waals surface area (Å²) in [7, 11) is 0. The van der Waals surface area contributed by atoms with Crippen LogP contribution in [0.15, 0.2) is 90.6 Å². The smallest absolute Gasteiger partial charge is 0.270 e. The van der Waals surface area contributed by atoms with Crippen LogP contribution in [0.5, 0.6) is 0 Å². The van der Waals surface area contributed by atoms with Gasteiger partial charge in [-0.2, -0.15) is 0 Å². The number of piperazine rings is 1. The second kappa shape index (κ2) is 7.64. The molecular formula is C26H22N2O2. The summed E-state index contributed by atoms with van der Waals surface area (Å²) in [6, 6.07) is 25.9. The highest BCUT2D eigenvalue weighted by atomic mass is 16.2. The van der Waals surface area contributed by atoms with Gasteiger partial charge < -0.3 is 10.2 Å². The number of ketones is 1. The Balaban J connectivity index is 1.35. The average molecular weight is 394 g/mol. The number of allylic oxidation sites excluding steroid dienone is 1. The van der Waals surface area contributed by atoms with Crippen molar-refractivity contribution in [3.63, 3.8) is 0 Å². The number of benzene rings is 3. The van der Waals surface area contributed by atoms with Crippen molar-refractivity contribution in [2.24, 2.45) is 0 Å². The van der Waals surface area contributed by atoms with Gasteiger partial charge in [0.05, 0.1) is 6.04 Å². The van der Waals surface area contributed by atoms with Crippen molar-refractivity contribution < 1.29 is 9.59 Å². The van der Waals surface area contributed by atoms with Crippen molar-refractivity contribution >= 4 is 11.7 Å². The third-order valence-corrected chi connectivity index (χ3v) is 5.94. The van der Waals surface area contributed by atoms with Crippen molar-refractivity contribution in [3.8, 4) is 11.1 Å². The maximum absolute atomic E-state index is 13.0. The van der Waals surface area contributed by atoms with Crippen LogP contribution < -0.4 is 5.32 Å². The van der Waals surface area contributed by atoms with Gasteiger partial charge in [0.2, 0.25) is 0 Å². The third-order valence-electron chi connectivity index (χ3n) is 5.94. The molecule has 1 saturated heterocycles. The molecule has 3 aromatic carbocycles. The van der Waals surface area contributed by atoms with E-state index in [9.17, 15) is 9.59 Å². The zero-order valence-corrected chi connectivity index (χ0v) is 16.5. The van der Waals surface area contributed by atoms with Crippen LogP contribution in [-0.2, 0) is 11.2 Å². The van der Waals surface area contributed by atoms with E-state index in [2.05, 4.69) is 17.4 Å². The summed E-state index contributed by atoms with van der Waals surface area (Å²) >= 11 is 0. The third kappa shape index (κ3) is 3.30. The Labute approximate surface area is 175 Å². The predicted molar refractivity (Wildman–Crippen MR) is 117 cm³/mol. The molecule has 0 bridgehead atoms. The van der Waals surface area contributed by atoms with Gasteiger partial charge in [-0.25, -0.2) is 0 Å². The first-order chi connectivity index (χ1) is 14.7. The molecule has 3 aromatic rings. The summed E-state index contributed by atoms with van der Waals surface area (Å²) in [4.78, 5) is 27.7. The first kappa shape index (κ1) is 18.4. The first-order valence-electron chi connectivity index (χ1n) is 10.2. The standard InChI is InChI=1S/C26H22N2O2/c29-25(21-12-10-19(11-13-21)18-6-2-1-3-7-18)16-23-26(30)28-15-14-20-8-4-5-9-22(20)24(28)17-27-23/h1-13,16,24,27H,14-15,17H2/b23-16-. The number of fused-ring (bicyclic) bond motifs is 3. The summed E-state index contributed by atoms with van der Waals surface area (Å²) in [6.45, 7) is 1.30. The van der Waals surface area contributed by atoms with Gasteiger partial charge in [0, 0.05) is 24.7 Å². The molecule has 0 radical (unpaired) electrons. The topological polar surface area (TPSA) is 49.4 Å². The van der Waals surface area contributed by atoms with E-state index >= 15 is 0 Å². The Morgan fingerprint density at radius 2 is 1.60 bits per heavy atom. The minimum Gasteiger partial charge on any atom is -0.378 e. The Morgan fingerprint density at radius 1 is 0.900 bits per heavy atom. The van der Waals surface area contributed by atoms with Crippen LogP contribution in [0.3, 0.4) is 0 Å². The molecule has 5 rings (SSSR count). The van der Waals surface area contributed by atoms with Crippen molar-refractivity contribution in [2.75, 3.05) is 13.1 Å². The van der Waals surface area contributed by atoms with Crippen LogP contribution in [0.1, 0.15) is 27.5 Å². The molecule has 1 atom stereocenters. The average Bonchev–Trinajstić information content (AvgIpc) is 2.81. The fraction of sp³-hybridized carbons (Fsp3) is 0.154. The summed E-state index contributed by atoms with van der Waals surface area (Å²) in [5, 5.41) is 3.20. The lowest BCUT2D eigenvalue weighted by molar-refractivity contribution is -0.132. The number of nitrogens with one attached hydrogen (secondary N) is 1. The molecule has 0 saturated carbocycles. The molecule has 2 heterocycles. The second-order valence-corrected chi connectivity index (χ2v) is 7.71. The molecule has 2 aliphatic heterocycles. The molecule has 1 amide bonds. The van der Waals surface area contributed by atoms with Gasteiger partial charge >= 0.3 is 0 Å². The number of hydrogen-bond acceptors (Lipinski definition) is 3. The molecule has 4 heteroatoms. The zero-order valence-electron chi connectivity index (χ0n) is 16.5. The van der Waals surface area contributed by atoms with E-state index in [0.29, 0.717) is 24.4 Å². The normalized spacial score (nSPS) is 19.1. The number of carbonyl (C=O) groups is 2. The molecule has 30 heavy (non-hydrogen) atoms. The lowest BCUT2D eigenvalue weighted by Crippen LogP contribution is -2.51. The Bertz CT molecular complexity index is 1130. The predicted octanol–water partition coefficient (Wildman–Crippen LogP) is 4.15. The Kier molecular flexibility index (Phi) is 4.68. The first-order valence-corrected chi connectivity index (χ1v) is 10.2. The van der Waals surface area contributed by atoms with Crippen LogP contribution in [-0.4, -0.2) is 29.7 Å². The van der Waals surface area contributed by atoms with E-state index in [1.54, 1.807) is 0 Å². The van der Waals surface area contributed by atoms with Crippen molar-refractivity contribution in [2.45, 2.75) is 12.5 Å². The van der Waals surface area contributed by atoms with Crippen LogP contribution >= 0.6 is 0 Å². The highest BCUT2D eigenvalue weighted by molar-refractivity contribution is 6.09. The minimum atomic E-state index is -0.165. The van der Waals surface area contributed by atoms with Gasteiger partial charge in [0.1, 0.15) is 5.70 Å². The molecule has 1 unspecified atom stereocenters. The van der Waals surface area contributed by atoms with E-state index in [1.807, 2.05) is 71.6 Å². The van der Waals surface area contributed by atoms with Gasteiger partial charge in [-0.15, -0.1) is 0 Å². The molecule has 1 N–H and O–H groups in total. The molecule has 0 spiro atoms. The van der Waals surface area contributed by atoms with Gasteiger partial charge in [-0.05, 0) is 28.7 Å². The summed E-state index contributed by atoms with van der Waals surface area (Å²) in [5.41, 5.74) is 5.62. The quantitative estimate of drug-likeness (QED) is 0.536. The van der Waals surface area contributed by atoms with E-state index in [0.717, 1.165) is 17.5 Å². The van der Waals surface area contributed by atoms with Crippen molar-refractivity contribution in [1.29, 1.82) is 0 Å². The number of nitrogens with zero attached hydrogens (tertiary/aromatic N) is 1. The summed E-state index contributed by atoms with van der Waals surface area (Å²) < 4.78 is 0. The largest absolute Gasteiger partial charge is 0.378 e. The number of amides is 1. The summed E-state index contributed by atoms with van der Waals surface area (Å²) in [5.74, 6) is -0.267. The SMILES string of the molecule is O=C(/C=C1\NCC2c3ccccc3CCN2C1=O)c1ccc(-c2ccccc2)cc1. The Hall–Kier alpha value is -3.66. The number of carbonyl (C=O) groups excluding carboxylic acids is 2. The highest BCUT2D eigenvalue weighted by Crippen LogP contribution is 2.32. The summed E-state index contributed by atoms with van der Waals surface area (Å²) in [6.07, 6.45) is 2.29. The van der Waals surface area contributed by atoms with E-state index in [1.165, 1.54) is 17.2 Å². The van der Waals surface area contributed by atoms with Crippen LogP contribution in [0.25, 0.3) is 11.1 Å². The fourth-order valence-corrected chi connectivity index (χ4v) is 4.34. The van der Waals surface area contributed by atoms with E-state index in [4.69, 9.17) is 0 Å². The van der Waals surface area contributed by atoms with Gasteiger partial charge in [0.25, 0.3) is 5.91 Å². The van der Waals surface area contributed by atoms with E-state index < -0.39 is 0 Å². The molecular weight excluding hydrogens is 372 g/mol. The van der Waals surface area contributed by atoms with Crippen LogP contribution in [0.2, 0.25) is 0 Å². The monoisotopic (exact) mass is 394 g/mol. The Morgan fingerprint density at radius 3 is 2.40 bits per heavy atom. The molecule has 4 nitrogen and oxygen atoms in total. The van der Waals surface area contributed by atoms with Crippen molar-refractivity contribution in [1.82, 2.24) is 10.2 Å². The van der Waals surface area contributed by atoms with Gasteiger partial charge in [0.15, 0.2) is 5.78 Å². The van der Waals surface area contributed by atoms with Gasteiger partial charge in [-0.1, -0.05) is 78.9 Å². The lowest BCUT2D eigenvalue weighted by Gasteiger charge is -2.41. The van der Waals surface area contributed by atoms with Crippen molar-refractivity contribution in [3.05, 3.63) is 107 Å². The van der Waals surface area contributed by atoms with E-state index in [-0.39, 0.29) is 17.7 Å². The fourth-order valence-electron chi connectivity index (χ4n) is 4.34. The number of rotatable bonds is 3. The number of hydrogen-bond donors (Lipinski definition) is 1. The minimum absolute atomic E-state index is 0.0276.